The van der Waals surface area contributed by atoms with E-state index in [0.717, 1.165) is 19.5 Å². The maximum atomic E-state index is 9.49. The number of hydrogen-bond acceptors (Lipinski definition) is 3. The summed E-state index contributed by atoms with van der Waals surface area (Å²) < 4.78 is 0. The van der Waals surface area contributed by atoms with E-state index >= 15 is 0 Å². The van der Waals surface area contributed by atoms with Crippen molar-refractivity contribution in [2.75, 3.05) is 19.6 Å². The summed E-state index contributed by atoms with van der Waals surface area (Å²) in [4.78, 5) is 2.31. The summed E-state index contributed by atoms with van der Waals surface area (Å²) in [7, 11) is 0. The molecule has 0 unspecified atom stereocenters. The molecule has 1 fully saturated rings. The van der Waals surface area contributed by atoms with E-state index in [2.05, 4.69) is 4.90 Å². The topological polar surface area (TPSA) is 49.5 Å². The number of nitrogens with two attached hydrogens (primary N) is 1. The van der Waals surface area contributed by atoms with Gasteiger partial charge in [0.1, 0.15) is 0 Å². The Kier molecular flexibility index (Phi) is 3.98. The van der Waals surface area contributed by atoms with E-state index in [4.69, 9.17) is 5.73 Å². The van der Waals surface area contributed by atoms with Gasteiger partial charge >= 0.3 is 0 Å². The Morgan fingerprint density at radius 3 is 2.92 bits per heavy atom. The predicted octanol–water partition coefficient (Wildman–Crippen LogP) is 0.180. The molecular formula is C9H20N2O. The van der Waals surface area contributed by atoms with Gasteiger partial charge in [0.05, 0.1) is 6.10 Å². The van der Waals surface area contributed by atoms with Crippen molar-refractivity contribution in [1.29, 1.82) is 0 Å². The molecule has 0 aromatic heterocycles. The van der Waals surface area contributed by atoms with Gasteiger partial charge < -0.3 is 10.8 Å². The van der Waals surface area contributed by atoms with Crippen LogP contribution in [0.1, 0.15) is 26.2 Å². The number of rotatable bonds is 3. The first-order chi connectivity index (χ1) is 5.75. The molecule has 12 heavy (non-hydrogen) atoms. The second kappa shape index (κ2) is 4.80. The van der Waals surface area contributed by atoms with E-state index in [1.807, 2.05) is 6.92 Å². The normalized spacial score (nSPS) is 28.8. The minimum atomic E-state index is -0.211. The van der Waals surface area contributed by atoms with Crippen LogP contribution >= 0.6 is 0 Å². The van der Waals surface area contributed by atoms with Gasteiger partial charge in [0.15, 0.2) is 0 Å². The lowest BCUT2D eigenvalue weighted by atomic mass is 9.98. The fraction of sp³-hybridized carbons (Fsp3) is 1.00. The third kappa shape index (κ3) is 2.44. The van der Waals surface area contributed by atoms with Gasteiger partial charge in [0.25, 0.3) is 0 Å². The first-order valence-corrected chi connectivity index (χ1v) is 4.88. The lowest BCUT2D eigenvalue weighted by Gasteiger charge is -2.37. The van der Waals surface area contributed by atoms with Gasteiger partial charge in [-0.25, -0.2) is 0 Å². The predicted molar refractivity (Wildman–Crippen MR) is 49.9 cm³/mol. The quantitative estimate of drug-likeness (QED) is 0.638. The lowest BCUT2D eigenvalue weighted by Crippen LogP contribution is -2.47. The van der Waals surface area contributed by atoms with Crippen LogP contribution in [-0.2, 0) is 0 Å². The largest absolute Gasteiger partial charge is 0.392 e. The molecule has 2 atom stereocenters. The van der Waals surface area contributed by atoms with Gasteiger partial charge in [-0.05, 0) is 26.3 Å². The van der Waals surface area contributed by atoms with Crippen molar-refractivity contribution >= 4 is 0 Å². The molecule has 3 heteroatoms. The van der Waals surface area contributed by atoms with E-state index in [-0.39, 0.29) is 6.10 Å². The van der Waals surface area contributed by atoms with Crippen LogP contribution in [0.3, 0.4) is 0 Å². The molecule has 0 aromatic carbocycles. The van der Waals surface area contributed by atoms with Crippen molar-refractivity contribution < 1.29 is 5.11 Å². The fourth-order valence-electron chi connectivity index (χ4n) is 2.01. The summed E-state index contributed by atoms with van der Waals surface area (Å²) in [6.07, 6.45) is 3.41. The molecule has 3 N–H and O–H groups in total. The average Bonchev–Trinajstić information content (AvgIpc) is 2.05. The van der Waals surface area contributed by atoms with Crippen LogP contribution in [0.5, 0.6) is 0 Å². The van der Waals surface area contributed by atoms with E-state index in [1.165, 1.54) is 12.8 Å². The van der Waals surface area contributed by atoms with Gasteiger partial charge in [-0.15, -0.1) is 0 Å². The molecule has 1 aliphatic heterocycles. The Labute approximate surface area is 74.5 Å². The average molecular weight is 172 g/mol. The van der Waals surface area contributed by atoms with Crippen molar-refractivity contribution in [3.8, 4) is 0 Å². The van der Waals surface area contributed by atoms with Crippen LogP contribution < -0.4 is 5.73 Å². The van der Waals surface area contributed by atoms with Crippen molar-refractivity contribution in [2.24, 2.45) is 5.73 Å². The van der Waals surface area contributed by atoms with Crippen molar-refractivity contribution in [1.82, 2.24) is 4.90 Å². The third-order valence-electron chi connectivity index (χ3n) is 2.64. The minimum Gasteiger partial charge on any atom is -0.392 e. The summed E-state index contributed by atoms with van der Waals surface area (Å²) in [5.74, 6) is 0. The van der Waals surface area contributed by atoms with E-state index in [0.29, 0.717) is 12.6 Å². The number of piperidine rings is 1. The van der Waals surface area contributed by atoms with Crippen molar-refractivity contribution in [3.05, 3.63) is 0 Å². The highest BCUT2D eigenvalue weighted by molar-refractivity contribution is 4.80. The first kappa shape index (κ1) is 9.96. The number of aliphatic hydroxyl groups is 1. The molecular weight excluding hydrogens is 152 g/mol. The van der Waals surface area contributed by atoms with E-state index in [1.54, 1.807) is 0 Å². The Bertz CT molecular complexity index is 126. The zero-order valence-corrected chi connectivity index (χ0v) is 7.87. The Balaban J connectivity index is 2.42. The Morgan fingerprint density at radius 1 is 1.58 bits per heavy atom. The van der Waals surface area contributed by atoms with Crippen LogP contribution in [0.4, 0.5) is 0 Å². The molecule has 1 saturated heterocycles. The van der Waals surface area contributed by atoms with Crippen LogP contribution in [0.15, 0.2) is 0 Å². The van der Waals surface area contributed by atoms with Gasteiger partial charge in [0.2, 0.25) is 0 Å². The second-order valence-electron chi connectivity index (χ2n) is 3.63. The zero-order valence-electron chi connectivity index (χ0n) is 7.87. The van der Waals surface area contributed by atoms with Crippen LogP contribution in [0.25, 0.3) is 0 Å². The smallest absolute Gasteiger partial charge is 0.0667 e. The molecule has 0 saturated carbocycles. The van der Waals surface area contributed by atoms with E-state index < -0.39 is 0 Å². The lowest BCUT2D eigenvalue weighted by molar-refractivity contribution is 0.0385. The number of nitrogens with zero attached hydrogens (tertiary/aromatic N) is 1. The third-order valence-corrected chi connectivity index (χ3v) is 2.64. The number of hydrogen-bond donors (Lipinski definition) is 2. The highest BCUT2D eigenvalue weighted by atomic mass is 16.3. The maximum Gasteiger partial charge on any atom is 0.0667 e. The highest BCUT2D eigenvalue weighted by Gasteiger charge is 2.24. The fourth-order valence-corrected chi connectivity index (χ4v) is 2.01. The Morgan fingerprint density at radius 2 is 2.33 bits per heavy atom. The molecule has 0 aromatic rings. The van der Waals surface area contributed by atoms with Gasteiger partial charge in [-0.3, -0.25) is 4.90 Å². The summed E-state index contributed by atoms with van der Waals surface area (Å²) in [5.41, 5.74) is 5.50. The molecule has 1 aliphatic rings. The van der Waals surface area contributed by atoms with E-state index in [9.17, 15) is 5.11 Å². The SMILES string of the molecule is C[C@H](O)[C@@H]1CCCCN1CCN. The van der Waals surface area contributed by atoms with Gasteiger partial charge in [-0.1, -0.05) is 6.42 Å². The van der Waals surface area contributed by atoms with Crippen molar-refractivity contribution in [2.45, 2.75) is 38.3 Å². The first-order valence-electron chi connectivity index (χ1n) is 4.88. The molecule has 0 radical (unpaired) electrons. The summed E-state index contributed by atoms with van der Waals surface area (Å²) >= 11 is 0. The molecule has 3 nitrogen and oxygen atoms in total. The second-order valence-corrected chi connectivity index (χ2v) is 3.63. The minimum absolute atomic E-state index is 0.211. The number of likely N-dealkylation sites (tertiary alicyclic amines) is 1. The summed E-state index contributed by atoms with van der Waals surface area (Å²) in [6.45, 7) is 4.60. The summed E-state index contributed by atoms with van der Waals surface area (Å²) in [5, 5.41) is 9.49. The molecule has 0 spiro atoms. The van der Waals surface area contributed by atoms with Gasteiger partial charge in [-0.2, -0.15) is 0 Å². The standard InChI is InChI=1S/C9H20N2O/c1-8(12)9-4-2-3-6-11(9)7-5-10/h8-9,12H,2-7,10H2,1H3/t8-,9-/m0/s1. The highest BCUT2D eigenvalue weighted by Crippen LogP contribution is 2.18. The molecule has 72 valence electrons. The molecule has 0 bridgehead atoms. The van der Waals surface area contributed by atoms with Crippen molar-refractivity contribution in [3.63, 3.8) is 0 Å². The molecule has 1 rings (SSSR count). The number of aliphatic hydroxyl groups excluding tert-OH is 1. The van der Waals surface area contributed by atoms with Gasteiger partial charge in [0, 0.05) is 19.1 Å². The Hall–Kier alpha value is -0.120. The molecule has 1 heterocycles. The molecule has 0 aliphatic carbocycles. The van der Waals surface area contributed by atoms with Crippen LogP contribution in [0, 0.1) is 0 Å². The zero-order chi connectivity index (χ0) is 8.97. The molecule has 0 amide bonds. The van der Waals surface area contributed by atoms with Crippen LogP contribution in [-0.4, -0.2) is 41.8 Å². The van der Waals surface area contributed by atoms with Crippen LogP contribution in [0.2, 0.25) is 0 Å². The maximum absolute atomic E-state index is 9.49. The monoisotopic (exact) mass is 172 g/mol. The summed E-state index contributed by atoms with van der Waals surface area (Å²) in [6, 6.07) is 0.349.